The Kier molecular flexibility index (Phi) is 7.57. The number of fused-ring (bicyclic) bond motifs is 11. The van der Waals surface area contributed by atoms with E-state index in [1.807, 2.05) is 42.6 Å². The molecule has 6 heteroatoms. The van der Waals surface area contributed by atoms with E-state index in [4.69, 9.17) is 14.7 Å². The van der Waals surface area contributed by atoms with Crippen molar-refractivity contribution in [1.29, 1.82) is 0 Å². The molecule has 0 atom stereocenters. The smallest absolute Gasteiger partial charge is 0.503 e. The monoisotopic (exact) mass is 909 g/mol. The van der Waals surface area contributed by atoms with Gasteiger partial charge in [-0.25, -0.2) is 4.98 Å². The van der Waals surface area contributed by atoms with Gasteiger partial charge in [-0.3, -0.25) is 4.98 Å². The number of pyridine rings is 2. The van der Waals surface area contributed by atoms with Crippen LogP contribution in [0.2, 0.25) is 0 Å². The summed E-state index contributed by atoms with van der Waals surface area (Å²) in [6.45, 7) is 0. The van der Waals surface area contributed by atoms with Gasteiger partial charge in [-0.2, -0.15) is 6.07 Å². The van der Waals surface area contributed by atoms with Crippen LogP contribution in [0.5, 0.6) is 11.5 Å². The molecule has 0 spiro atoms. The zero-order valence-corrected chi connectivity index (χ0v) is 32.6. The summed E-state index contributed by atoms with van der Waals surface area (Å²) in [6, 6.07) is 67.0. The fourth-order valence-electron chi connectivity index (χ4n) is 9.18. The summed E-state index contributed by atoms with van der Waals surface area (Å²) >= 11 is 0. The Labute approximate surface area is 342 Å². The largest absolute Gasteiger partial charge is 2.00 e. The van der Waals surface area contributed by atoms with E-state index in [2.05, 4.69) is 161 Å². The van der Waals surface area contributed by atoms with Crippen LogP contribution in [0.25, 0.3) is 66.2 Å². The van der Waals surface area contributed by atoms with Gasteiger partial charge in [-0.1, -0.05) is 150 Å². The molecule has 0 radical (unpaired) electrons. The van der Waals surface area contributed by atoms with Gasteiger partial charge in [-0.15, -0.1) is 29.8 Å². The van der Waals surface area contributed by atoms with E-state index in [-0.39, 0.29) is 21.1 Å². The van der Waals surface area contributed by atoms with E-state index in [1.54, 1.807) is 0 Å². The molecule has 12 rings (SSSR count). The van der Waals surface area contributed by atoms with Crippen molar-refractivity contribution in [1.82, 2.24) is 18.9 Å². The zero-order chi connectivity index (χ0) is 36.8. The van der Waals surface area contributed by atoms with E-state index in [0.717, 1.165) is 71.8 Å². The molecule has 5 nitrogen and oxygen atoms in total. The molecule has 0 saturated carbocycles. The van der Waals surface area contributed by atoms with Gasteiger partial charge < -0.3 is 13.7 Å². The molecule has 4 aromatic heterocycles. The minimum atomic E-state index is -0.629. The van der Waals surface area contributed by atoms with E-state index >= 15 is 0 Å². The fourth-order valence-corrected chi connectivity index (χ4v) is 9.18. The van der Waals surface area contributed by atoms with Gasteiger partial charge in [0.05, 0.1) is 16.9 Å². The van der Waals surface area contributed by atoms with Gasteiger partial charge in [0.1, 0.15) is 5.65 Å². The Morgan fingerprint density at radius 2 is 1.19 bits per heavy atom. The summed E-state index contributed by atoms with van der Waals surface area (Å²) in [7, 11) is 0. The number of hydrogen-bond acceptors (Lipinski definition) is 3. The van der Waals surface area contributed by atoms with Gasteiger partial charge in [0.15, 0.2) is 0 Å². The number of para-hydroxylation sites is 2. The number of nitrogens with zero attached hydrogens (tertiary/aromatic N) is 4. The number of benzene rings is 7. The van der Waals surface area contributed by atoms with Crippen LogP contribution in [0.15, 0.2) is 182 Å². The molecule has 0 amide bonds. The second-order valence-corrected chi connectivity index (χ2v) is 14.4. The second kappa shape index (κ2) is 12.9. The van der Waals surface area contributed by atoms with Crippen LogP contribution in [0.1, 0.15) is 22.3 Å². The van der Waals surface area contributed by atoms with Crippen molar-refractivity contribution in [2.75, 3.05) is 0 Å². The van der Waals surface area contributed by atoms with Crippen molar-refractivity contribution in [3.63, 3.8) is 0 Å². The minimum absolute atomic E-state index is 0. The zero-order valence-electron chi connectivity index (χ0n) is 30.3. The molecule has 0 fully saturated rings. The Morgan fingerprint density at radius 3 is 1.98 bits per heavy atom. The standard InChI is InChI=1S/C51H30N4O.Pt/c1-4-14-33(15-5-1)45-32-54-46-24-11-10-20-39(46)38-27-25-36(30-42(38)50(54)53-45)56-37-26-28-43-47(31-37)55-48-40(41-22-13-29-52-49(41)55)21-12-23-44(48)51(43,34-16-6-2-7-17-34)35-18-8-3-9-19-35;/h1-29,32H;/q-2;+2. The third kappa shape index (κ3) is 4.79. The number of aromatic nitrogens is 4. The molecule has 0 aliphatic carbocycles. The number of ether oxygens (including phenoxy) is 1. The van der Waals surface area contributed by atoms with Crippen LogP contribution in [0.4, 0.5) is 0 Å². The normalized spacial score (nSPS) is 12.9. The summed E-state index contributed by atoms with van der Waals surface area (Å²) in [6.07, 6.45) is 3.98. The van der Waals surface area contributed by atoms with Crippen LogP contribution >= 0.6 is 0 Å². The van der Waals surface area contributed by atoms with Crippen LogP contribution in [0.3, 0.4) is 0 Å². The molecule has 57 heavy (non-hydrogen) atoms. The maximum atomic E-state index is 6.78. The summed E-state index contributed by atoms with van der Waals surface area (Å²) in [5, 5.41) is 5.34. The summed E-state index contributed by atoms with van der Waals surface area (Å²) in [4.78, 5) is 10.1. The van der Waals surface area contributed by atoms with E-state index in [0.29, 0.717) is 11.5 Å². The molecule has 0 N–H and O–H groups in total. The molecule has 1 aliphatic heterocycles. The molecule has 7 aromatic carbocycles. The van der Waals surface area contributed by atoms with Gasteiger partial charge in [0.2, 0.25) is 0 Å². The molecule has 0 unspecified atom stereocenters. The molecule has 1 aliphatic rings. The van der Waals surface area contributed by atoms with Gasteiger partial charge in [0, 0.05) is 51.2 Å². The fraction of sp³-hybridized carbons (Fsp3) is 0.0196. The molecular weight excluding hydrogens is 880 g/mol. The molecule has 5 heterocycles. The summed E-state index contributed by atoms with van der Waals surface area (Å²) in [5.74, 6) is 1.18. The Bertz CT molecular complexity index is 3300. The van der Waals surface area contributed by atoms with Crippen molar-refractivity contribution in [3.05, 3.63) is 217 Å². The molecular formula is C51H30N4OPt. The van der Waals surface area contributed by atoms with Gasteiger partial charge in [0.25, 0.3) is 0 Å². The molecule has 0 saturated heterocycles. The van der Waals surface area contributed by atoms with Crippen molar-refractivity contribution in [3.8, 4) is 28.4 Å². The maximum absolute atomic E-state index is 6.78. The van der Waals surface area contributed by atoms with E-state index in [1.165, 1.54) is 16.7 Å². The number of hydrogen-bond donors (Lipinski definition) is 0. The first-order chi connectivity index (χ1) is 27.8. The minimum Gasteiger partial charge on any atom is -0.503 e. The van der Waals surface area contributed by atoms with Gasteiger partial charge >= 0.3 is 21.1 Å². The summed E-state index contributed by atoms with van der Waals surface area (Å²) < 4.78 is 11.2. The SMILES string of the molecule is [Pt+2].[c-]1c(Oc2[c-]c3c(cc2)c2ccccc2n2cc(-c4ccccc4)nc32)ccc2c1-n1c3ncccc3c3cccc(c31)C2(c1ccccc1)c1ccccc1. The van der Waals surface area contributed by atoms with Gasteiger partial charge in [-0.05, 0) is 40.3 Å². The first-order valence-electron chi connectivity index (χ1n) is 18.8. The van der Waals surface area contributed by atoms with Crippen LogP contribution in [-0.2, 0) is 26.5 Å². The Hall–Kier alpha value is -6.81. The summed E-state index contributed by atoms with van der Waals surface area (Å²) in [5.41, 5.74) is 10.8. The maximum Gasteiger partial charge on any atom is 2.00 e. The van der Waals surface area contributed by atoms with Crippen molar-refractivity contribution in [2.24, 2.45) is 0 Å². The Morgan fingerprint density at radius 1 is 0.526 bits per heavy atom. The predicted molar refractivity (Wildman–Crippen MR) is 224 cm³/mol. The van der Waals surface area contributed by atoms with Crippen LogP contribution < -0.4 is 4.74 Å². The second-order valence-electron chi connectivity index (χ2n) is 14.4. The van der Waals surface area contributed by atoms with Crippen LogP contribution in [-0.4, -0.2) is 18.9 Å². The first-order valence-corrected chi connectivity index (χ1v) is 18.8. The molecule has 0 bridgehead atoms. The number of imidazole rings is 1. The first kappa shape index (κ1) is 33.5. The molecule has 270 valence electrons. The Balaban J connectivity index is 0.00000374. The van der Waals surface area contributed by atoms with Crippen molar-refractivity contribution in [2.45, 2.75) is 5.41 Å². The van der Waals surface area contributed by atoms with Crippen molar-refractivity contribution >= 4 is 49.3 Å². The third-order valence-electron chi connectivity index (χ3n) is 11.5. The average molecular weight is 910 g/mol. The predicted octanol–water partition coefficient (Wildman–Crippen LogP) is 11.9. The van der Waals surface area contributed by atoms with E-state index in [9.17, 15) is 0 Å². The topological polar surface area (TPSA) is 44.4 Å². The van der Waals surface area contributed by atoms with Crippen molar-refractivity contribution < 1.29 is 25.8 Å². The van der Waals surface area contributed by atoms with Crippen LogP contribution in [0, 0.1) is 12.1 Å². The third-order valence-corrected chi connectivity index (χ3v) is 11.5. The quantitative estimate of drug-likeness (QED) is 0.128. The molecule has 11 aromatic rings. The van der Waals surface area contributed by atoms with E-state index < -0.39 is 5.41 Å². The average Bonchev–Trinajstić information content (AvgIpc) is 3.87. The number of rotatable bonds is 5.